The molecule has 4 nitrogen and oxygen atoms in total. The van der Waals surface area contributed by atoms with Gasteiger partial charge in [0.05, 0.1) is 0 Å². The fourth-order valence-electron chi connectivity index (χ4n) is 12.6. The van der Waals surface area contributed by atoms with Gasteiger partial charge >= 0.3 is 0 Å². The maximum atomic E-state index is 7.32. The summed E-state index contributed by atoms with van der Waals surface area (Å²) in [4.78, 5) is 4.74. The van der Waals surface area contributed by atoms with E-state index in [1.54, 1.807) is 0 Å². The fourth-order valence-corrected chi connectivity index (χ4v) is 12.6. The third kappa shape index (κ3) is 8.95. The van der Waals surface area contributed by atoms with Crippen molar-refractivity contribution in [2.75, 3.05) is 9.80 Å². The zero-order valence-corrected chi connectivity index (χ0v) is 47.4. The molecule has 15 rings (SSSR count). The van der Waals surface area contributed by atoms with Crippen LogP contribution in [0.4, 0.5) is 34.1 Å². The van der Waals surface area contributed by atoms with Crippen molar-refractivity contribution in [3.8, 4) is 44.5 Å². The van der Waals surface area contributed by atoms with E-state index < -0.39 is 0 Å². The van der Waals surface area contributed by atoms with Crippen molar-refractivity contribution in [1.29, 1.82) is 0 Å². The van der Waals surface area contributed by atoms with Crippen molar-refractivity contribution in [3.05, 3.63) is 290 Å². The van der Waals surface area contributed by atoms with Crippen molar-refractivity contribution in [1.82, 2.24) is 0 Å². The summed E-state index contributed by atoms with van der Waals surface area (Å²) >= 11 is 0. The number of anilines is 6. The molecule has 0 spiro atoms. The Bertz CT molecular complexity index is 4610. The van der Waals surface area contributed by atoms with Gasteiger partial charge in [-0.1, -0.05) is 210 Å². The van der Waals surface area contributed by atoms with Crippen LogP contribution in [-0.4, -0.2) is 0 Å². The molecule has 0 aliphatic heterocycles. The first kappa shape index (κ1) is 50.5. The maximum Gasteiger partial charge on any atom is 0.179 e. The predicted molar refractivity (Wildman–Crippen MR) is 355 cm³/mol. The van der Waals surface area contributed by atoms with Gasteiger partial charge in [0.25, 0.3) is 0 Å². The molecule has 0 aliphatic carbocycles. The van der Waals surface area contributed by atoms with Crippen LogP contribution < -0.4 is 9.80 Å². The van der Waals surface area contributed by atoms with Gasteiger partial charge in [0.15, 0.2) is 11.2 Å². The Labute approximate surface area is 489 Å². The molecule has 0 saturated carbocycles. The Kier molecular flexibility index (Phi) is 12.5. The number of furan rings is 2. The van der Waals surface area contributed by atoms with E-state index in [2.05, 4.69) is 317 Å². The van der Waals surface area contributed by atoms with E-state index in [0.717, 1.165) is 133 Å². The first-order chi connectivity index (χ1) is 41.3. The van der Waals surface area contributed by atoms with Crippen LogP contribution in [0.2, 0.25) is 0 Å². The Morgan fingerprint density at radius 1 is 0.262 bits per heavy atom. The monoisotopic (exact) mass is 1080 g/mol. The molecule has 0 amide bonds. The van der Waals surface area contributed by atoms with Gasteiger partial charge in [-0.3, -0.25) is 0 Å². The Hall–Kier alpha value is -10.4. The number of hydrogen-bond donors (Lipinski definition) is 0. The van der Waals surface area contributed by atoms with E-state index in [1.807, 2.05) is 0 Å². The molecule has 0 radical (unpaired) electrons. The van der Waals surface area contributed by atoms with Crippen molar-refractivity contribution < 1.29 is 8.83 Å². The molecule has 0 aliphatic rings. The molecule has 2 aromatic heterocycles. The third-order valence-corrected chi connectivity index (χ3v) is 16.9. The molecule has 2 heterocycles. The summed E-state index contributed by atoms with van der Waals surface area (Å²) in [6.07, 6.45) is 0. The van der Waals surface area contributed by atoms with Crippen LogP contribution in [0.5, 0.6) is 0 Å². The minimum atomic E-state index is 0.422. The van der Waals surface area contributed by atoms with Crippen molar-refractivity contribution >= 4 is 99.5 Å². The van der Waals surface area contributed by atoms with Crippen LogP contribution >= 0.6 is 0 Å². The summed E-state index contributed by atoms with van der Waals surface area (Å²) in [6.45, 7) is 8.98. The minimum absolute atomic E-state index is 0.422. The number of fused-ring (bicyclic) bond motifs is 9. The summed E-state index contributed by atoms with van der Waals surface area (Å²) in [7, 11) is 0. The Morgan fingerprint density at radius 3 is 0.964 bits per heavy atom. The van der Waals surface area contributed by atoms with Gasteiger partial charge in [-0.15, -0.1) is 0 Å². The average molecular weight is 1080 g/mol. The van der Waals surface area contributed by atoms with E-state index in [1.165, 1.54) is 22.3 Å². The summed E-state index contributed by atoms with van der Waals surface area (Å²) in [6, 6.07) is 101. The van der Waals surface area contributed by atoms with Crippen LogP contribution in [0, 0.1) is 0 Å². The molecular weight excluding hydrogens is 1020 g/mol. The molecule has 0 fully saturated rings. The van der Waals surface area contributed by atoms with E-state index >= 15 is 0 Å². The van der Waals surface area contributed by atoms with Crippen molar-refractivity contribution in [3.63, 3.8) is 0 Å². The lowest BCUT2D eigenvalue weighted by atomic mass is 9.87. The normalized spacial score (nSPS) is 11.8. The average Bonchev–Trinajstić information content (AvgIpc) is 1.98. The van der Waals surface area contributed by atoms with E-state index in [0.29, 0.717) is 11.8 Å². The molecular formula is C80H60N2O2. The summed E-state index contributed by atoms with van der Waals surface area (Å²) in [5, 5.41) is 8.51. The van der Waals surface area contributed by atoms with Gasteiger partial charge in [-0.05, 0) is 175 Å². The SMILES string of the molecule is CC(C)c1ccc(N(c2cccc(-c3ccccc3)c2)c2ccc3cc4c(cc3c2)oc2c3oc5cc6cc(N(c7ccc(C(C)C)cc7)c7cccc(-c8ccccc8)c7)ccc6cc5c3c(-c3ccccc3)c(-c3ccccc3)c42)cc1. The molecule has 0 N–H and O–H groups in total. The fraction of sp³-hybridized carbons (Fsp3) is 0.0750. The number of nitrogens with zero attached hydrogens (tertiary/aromatic N) is 2. The van der Waals surface area contributed by atoms with Gasteiger partial charge in [0.1, 0.15) is 11.2 Å². The smallest absolute Gasteiger partial charge is 0.179 e. The lowest BCUT2D eigenvalue weighted by Crippen LogP contribution is -2.10. The molecule has 15 aromatic rings. The van der Waals surface area contributed by atoms with Gasteiger partial charge < -0.3 is 18.6 Å². The molecule has 0 saturated heterocycles. The highest BCUT2D eigenvalue weighted by Crippen LogP contribution is 2.52. The van der Waals surface area contributed by atoms with Crippen molar-refractivity contribution in [2.45, 2.75) is 39.5 Å². The van der Waals surface area contributed by atoms with Gasteiger partial charge in [-0.2, -0.15) is 0 Å². The maximum absolute atomic E-state index is 7.32. The van der Waals surface area contributed by atoms with Crippen LogP contribution in [-0.2, 0) is 0 Å². The van der Waals surface area contributed by atoms with Crippen LogP contribution in [0.3, 0.4) is 0 Å². The van der Waals surface area contributed by atoms with Gasteiger partial charge in [0.2, 0.25) is 0 Å². The topological polar surface area (TPSA) is 32.8 Å². The third-order valence-electron chi connectivity index (χ3n) is 16.9. The van der Waals surface area contributed by atoms with Gasteiger partial charge in [0, 0.05) is 66.8 Å². The highest BCUT2D eigenvalue weighted by Gasteiger charge is 2.28. The van der Waals surface area contributed by atoms with E-state index in [-0.39, 0.29) is 0 Å². The molecule has 0 bridgehead atoms. The second-order valence-corrected chi connectivity index (χ2v) is 22.9. The summed E-state index contributed by atoms with van der Waals surface area (Å²) in [5.41, 5.74) is 21.2. The van der Waals surface area contributed by atoms with Gasteiger partial charge in [-0.25, -0.2) is 0 Å². The minimum Gasteiger partial charge on any atom is -0.452 e. The highest BCUT2D eigenvalue weighted by atomic mass is 16.4. The second-order valence-electron chi connectivity index (χ2n) is 22.9. The van der Waals surface area contributed by atoms with E-state index in [9.17, 15) is 0 Å². The molecule has 4 heteroatoms. The second kappa shape index (κ2) is 20.8. The molecule has 402 valence electrons. The molecule has 0 atom stereocenters. The molecule has 13 aromatic carbocycles. The Morgan fingerprint density at radius 2 is 0.595 bits per heavy atom. The molecule has 0 unspecified atom stereocenters. The quantitative estimate of drug-likeness (QED) is 0.122. The number of hydrogen-bond acceptors (Lipinski definition) is 4. The number of benzene rings is 13. The first-order valence-corrected chi connectivity index (χ1v) is 29.3. The predicted octanol–water partition coefficient (Wildman–Crippen LogP) is 23.6. The molecule has 84 heavy (non-hydrogen) atoms. The summed E-state index contributed by atoms with van der Waals surface area (Å²) in [5.74, 6) is 0.845. The van der Waals surface area contributed by atoms with Crippen LogP contribution in [0.1, 0.15) is 50.7 Å². The largest absolute Gasteiger partial charge is 0.452 e. The standard InChI is InChI=1S/C80H60N2O2/c1-51(2)53-31-37-65(38-32-53)81(67-29-17-27-59(43-67)55-19-9-5-10-20-55)69-41-35-61-47-71-73(49-63(61)45-69)83-79-77(71)75(57-23-13-7-14-24-57)76(58-25-15-8-16-26-58)78-72-48-62-36-42-70(46-64(62)50-74(72)84-80(78)79)82(66-39-33-54(34-40-66)52(3)4)68-30-18-28-60(44-68)56-21-11-6-12-22-56/h5-52H,1-4H3. The zero-order valence-electron chi connectivity index (χ0n) is 47.4. The van der Waals surface area contributed by atoms with Crippen LogP contribution in [0.25, 0.3) is 110 Å². The zero-order chi connectivity index (χ0) is 56.4. The van der Waals surface area contributed by atoms with Crippen molar-refractivity contribution in [2.24, 2.45) is 0 Å². The lowest BCUT2D eigenvalue weighted by molar-refractivity contribution is 0.634. The summed E-state index contributed by atoms with van der Waals surface area (Å²) < 4.78 is 14.6. The number of rotatable bonds is 12. The lowest BCUT2D eigenvalue weighted by Gasteiger charge is -2.27. The van der Waals surface area contributed by atoms with Crippen LogP contribution in [0.15, 0.2) is 288 Å². The Balaban J connectivity index is 0.934. The van der Waals surface area contributed by atoms with E-state index in [4.69, 9.17) is 8.83 Å². The highest BCUT2D eigenvalue weighted by molar-refractivity contribution is 6.31. The first-order valence-electron chi connectivity index (χ1n) is 29.3.